The second-order valence-corrected chi connectivity index (χ2v) is 11.6. The molecule has 0 aromatic heterocycles. The van der Waals surface area contributed by atoms with Crippen molar-refractivity contribution in [2.45, 2.75) is 101 Å². The summed E-state index contributed by atoms with van der Waals surface area (Å²) in [5, 5.41) is 6.49. The van der Waals surface area contributed by atoms with Crippen molar-refractivity contribution in [2.24, 2.45) is 17.8 Å². The van der Waals surface area contributed by atoms with Gasteiger partial charge in [-0.05, 0) is 38.5 Å². The number of hydrogen-bond donors (Lipinski definition) is 2. The van der Waals surface area contributed by atoms with Crippen LogP contribution in [0.4, 0.5) is 0 Å². The Hall–Kier alpha value is -1.93. The van der Waals surface area contributed by atoms with Gasteiger partial charge in [0.15, 0.2) is 0 Å². The van der Waals surface area contributed by atoms with Gasteiger partial charge in [-0.15, -0.1) is 0 Å². The minimum Gasteiger partial charge on any atom is -0.383 e. The quantitative estimate of drug-likeness (QED) is 0.537. The SMILES string of the molecule is COCCN1C(=O)[C@H]2[C@@H](C(=O)N[C@H]3CCCC[C@@H]3C)[C@]3(C)C=C[C@]2(O3)[C@H]1C(=O)NC1CCCCC1. The molecule has 1 spiro atoms. The Balaban J connectivity index is 1.43. The number of ether oxygens (including phenoxy) is 2. The van der Waals surface area contributed by atoms with Crippen LogP contribution in [0.2, 0.25) is 0 Å². The molecule has 0 aromatic rings. The van der Waals surface area contributed by atoms with Crippen molar-refractivity contribution in [3.63, 3.8) is 0 Å². The largest absolute Gasteiger partial charge is 0.383 e. The molecule has 35 heavy (non-hydrogen) atoms. The molecule has 0 unspecified atom stereocenters. The smallest absolute Gasteiger partial charge is 0.246 e. The predicted octanol–water partition coefficient (Wildman–Crippen LogP) is 2.32. The van der Waals surface area contributed by atoms with Crippen molar-refractivity contribution in [2.75, 3.05) is 20.3 Å². The number of carbonyl (C=O) groups is 3. The maximum atomic E-state index is 13.9. The van der Waals surface area contributed by atoms with Gasteiger partial charge in [0.1, 0.15) is 11.6 Å². The Morgan fingerprint density at radius 2 is 1.77 bits per heavy atom. The zero-order valence-electron chi connectivity index (χ0n) is 21.4. The van der Waals surface area contributed by atoms with Crippen LogP contribution in [0.3, 0.4) is 0 Å². The lowest BCUT2D eigenvalue weighted by molar-refractivity contribution is -0.146. The summed E-state index contributed by atoms with van der Waals surface area (Å²) in [4.78, 5) is 43.0. The van der Waals surface area contributed by atoms with E-state index in [4.69, 9.17) is 9.47 Å². The normalized spacial score (nSPS) is 40.7. The van der Waals surface area contributed by atoms with E-state index in [1.165, 1.54) is 12.8 Å². The highest BCUT2D eigenvalue weighted by Gasteiger charge is 2.76. The van der Waals surface area contributed by atoms with Crippen molar-refractivity contribution in [3.8, 4) is 0 Å². The van der Waals surface area contributed by atoms with Gasteiger partial charge in [-0.25, -0.2) is 0 Å². The molecular formula is C27H41N3O5. The molecule has 0 radical (unpaired) electrons. The molecule has 2 saturated heterocycles. The monoisotopic (exact) mass is 487 g/mol. The molecule has 2 saturated carbocycles. The topological polar surface area (TPSA) is 97.0 Å². The Bertz CT molecular complexity index is 886. The first-order chi connectivity index (χ1) is 16.8. The summed E-state index contributed by atoms with van der Waals surface area (Å²) < 4.78 is 11.9. The van der Waals surface area contributed by atoms with Gasteiger partial charge < -0.3 is 25.0 Å². The van der Waals surface area contributed by atoms with E-state index in [9.17, 15) is 14.4 Å². The summed E-state index contributed by atoms with van der Waals surface area (Å²) in [7, 11) is 1.58. The Morgan fingerprint density at radius 3 is 2.49 bits per heavy atom. The third-order valence-electron chi connectivity index (χ3n) is 9.25. The Kier molecular flexibility index (Phi) is 6.72. The molecule has 7 atom stereocenters. The van der Waals surface area contributed by atoms with Gasteiger partial charge >= 0.3 is 0 Å². The number of likely N-dealkylation sites (tertiary alicyclic amines) is 1. The zero-order chi connectivity index (χ0) is 24.8. The molecule has 5 aliphatic rings. The minimum absolute atomic E-state index is 0.116. The highest BCUT2D eigenvalue weighted by Crippen LogP contribution is 2.59. The van der Waals surface area contributed by atoms with Gasteiger partial charge in [0.05, 0.1) is 24.0 Å². The van der Waals surface area contributed by atoms with E-state index in [2.05, 4.69) is 17.6 Å². The second kappa shape index (κ2) is 9.51. The van der Waals surface area contributed by atoms with Gasteiger partial charge in [0.2, 0.25) is 17.7 Å². The standard InChI is InChI=1S/C27H41N3O5/c1-17-9-7-8-12-19(17)29-23(31)20-21-25(33)30(15-16-34-3)22(27(21)14-13-26(20,2)35-27)24(32)28-18-10-5-4-6-11-18/h13-14,17-22H,4-12,15-16H2,1-3H3,(H,28,32)(H,29,31)/t17-,19-,20-,21+,22+,26-,27+/m0/s1. The van der Waals surface area contributed by atoms with Gasteiger partial charge in [0.25, 0.3) is 0 Å². The first-order valence-electron chi connectivity index (χ1n) is 13.6. The highest BCUT2D eigenvalue weighted by molar-refractivity contribution is 6.00. The molecule has 3 amide bonds. The van der Waals surface area contributed by atoms with Gasteiger partial charge in [-0.3, -0.25) is 14.4 Å². The van der Waals surface area contributed by atoms with Gasteiger partial charge in [0, 0.05) is 25.7 Å². The summed E-state index contributed by atoms with van der Waals surface area (Å²) >= 11 is 0. The molecule has 2 aliphatic carbocycles. The van der Waals surface area contributed by atoms with E-state index in [0.717, 1.165) is 44.9 Å². The van der Waals surface area contributed by atoms with Crippen LogP contribution >= 0.6 is 0 Å². The van der Waals surface area contributed by atoms with E-state index in [1.807, 2.05) is 19.1 Å². The Labute approximate surface area is 208 Å². The maximum absolute atomic E-state index is 13.9. The van der Waals surface area contributed by atoms with Crippen LogP contribution in [-0.4, -0.2) is 72.2 Å². The average Bonchev–Trinajstić information content (AvgIpc) is 3.40. The van der Waals surface area contributed by atoms with E-state index in [-0.39, 0.29) is 36.3 Å². The minimum atomic E-state index is -1.13. The van der Waals surface area contributed by atoms with E-state index in [0.29, 0.717) is 12.5 Å². The maximum Gasteiger partial charge on any atom is 0.246 e. The lowest BCUT2D eigenvalue weighted by atomic mass is 9.70. The number of carbonyl (C=O) groups excluding carboxylic acids is 3. The fourth-order valence-electron chi connectivity index (χ4n) is 7.39. The lowest BCUT2D eigenvalue weighted by Gasteiger charge is -2.35. The molecule has 4 fully saturated rings. The molecule has 2 bridgehead atoms. The lowest BCUT2D eigenvalue weighted by Crippen LogP contribution is -2.57. The molecule has 0 aromatic carbocycles. The number of nitrogens with one attached hydrogen (secondary N) is 2. The van der Waals surface area contributed by atoms with Crippen molar-refractivity contribution >= 4 is 17.7 Å². The number of rotatable bonds is 7. The van der Waals surface area contributed by atoms with Crippen LogP contribution < -0.4 is 10.6 Å². The molecule has 5 rings (SSSR count). The average molecular weight is 488 g/mol. The fourth-order valence-corrected chi connectivity index (χ4v) is 7.39. The third kappa shape index (κ3) is 4.10. The van der Waals surface area contributed by atoms with Crippen LogP contribution in [0.1, 0.15) is 71.6 Å². The van der Waals surface area contributed by atoms with E-state index >= 15 is 0 Å². The van der Waals surface area contributed by atoms with Gasteiger partial charge in [-0.2, -0.15) is 0 Å². The highest BCUT2D eigenvalue weighted by atomic mass is 16.5. The first kappa shape index (κ1) is 24.8. The summed E-state index contributed by atoms with van der Waals surface area (Å²) in [6, 6.07) is -0.567. The summed E-state index contributed by atoms with van der Waals surface area (Å²) in [5.41, 5.74) is -2.03. The van der Waals surface area contributed by atoms with E-state index < -0.39 is 29.1 Å². The number of methoxy groups -OCH3 is 1. The molecular weight excluding hydrogens is 446 g/mol. The predicted molar refractivity (Wildman–Crippen MR) is 130 cm³/mol. The first-order valence-corrected chi connectivity index (χ1v) is 13.6. The van der Waals surface area contributed by atoms with Gasteiger partial charge in [-0.1, -0.05) is 51.2 Å². The van der Waals surface area contributed by atoms with Crippen molar-refractivity contribution in [3.05, 3.63) is 12.2 Å². The molecule has 3 heterocycles. The molecule has 194 valence electrons. The summed E-state index contributed by atoms with van der Waals surface area (Å²) in [6.45, 7) is 4.68. The molecule has 2 N–H and O–H groups in total. The number of nitrogens with zero attached hydrogens (tertiary/aromatic N) is 1. The molecule has 3 aliphatic heterocycles. The molecule has 8 heteroatoms. The van der Waals surface area contributed by atoms with Crippen LogP contribution in [0.5, 0.6) is 0 Å². The van der Waals surface area contributed by atoms with E-state index in [1.54, 1.807) is 12.0 Å². The van der Waals surface area contributed by atoms with Crippen molar-refractivity contribution < 1.29 is 23.9 Å². The third-order valence-corrected chi connectivity index (χ3v) is 9.25. The van der Waals surface area contributed by atoms with Crippen LogP contribution in [0.25, 0.3) is 0 Å². The van der Waals surface area contributed by atoms with Crippen LogP contribution in [-0.2, 0) is 23.9 Å². The van der Waals surface area contributed by atoms with Crippen molar-refractivity contribution in [1.82, 2.24) is 15.5 Å². The number of amides is 3. The summed E-state index contributed by atoms with van der Waals surface area (Å²) in [5.74, 6) is -1.45. The number of hydrogen-bond acceptors (Lipinski definition) is 5. The zero-order valence-corrected chi connectivity index (χ0v) is 21.4. The Morgan fingerprint density at radius 1 is 1.06 bits per heavy atom. The van der Waals surface area contributed by atoms with Crippen LogP contribution in [0, 0.1) is 17.8 Å². The molecule has 8 nitrogen and oxygen atoms in total. The fraction of sp³-hybridized carbons (Fsp3) is 0.815. The second-order valence-electron chi connectivity index (χ2n) is 11.6. The summed E-state index contributed by atoms with van der Waals surface area (Å²) in [6.07, 6.45) is 13.5. The van der Waals surface area contributed by atoms with Crippen LogP contribution in [0.15, 0.2) is 12.2 Å². The van der Waals surface area contributed by atoms with Crippen molar-refractivity contribution in [1.29, 1.82) is 0 Å². The number of fused-ring (bicyclic) bond motifs is 1.